The van der Waals surface area contributed by atoms with Gasteiger partial charge in [0.25, 0.3) is 0 Å². The first-order chi connectivity index (χ1) is 15.8. The molecule has 0 saturated carbocycles. The number of urea groups is 1. The summed E-state index contributed by atoms with van der Waals surface area (Å²) in [6.07, 6.45) is 3.11. The number of carbonyl (C=O) groups excluding carboxylic acids is 2. The Kier molecular flexibility index (Phi) is 6.78. The van der Waals surface area contributed by atoms with Gasteiger partial charge in [0.2, 0.25) is 5.91 Å². The number of aryl methyl sites for hydroxylation is 2. The number of hydrogen-bond donors (Lipinski definition) is 3. The fourth-order valence-electron chi connectivity index (χ4n) is 4.11. The van der Waals surface area contributed by atoms with Crippen molar-refractivity contribution in [1.82, 2.24) is 15.3 Å². The fraction of sp³-hybridized carbons (Fsp3) is 0.417. The number of hydrogen-bond acceptors (Lipinski definition) is 6. The average molecular weight is 467 g/mol. The lowest BCUT2D eigenvalue weighted by Crippen LogP contribution is -2.39. The van der Waals surface area contributed by atoms with E-state index >= 15 is 0 Å². The maximum absolute atomic E-state index is 13.0. The van der Waals surface area contributed by atoms with Gasteiger partial charge in [-0.25, -0.2) is 14.8 Å². The molecule has 1 aliphatic heterocycles. The van der Waals surface area contributed by atoms with E-state index in [1.54, 1.807) is 29.8 Å². The molecule has 0 bridgehead atoms. The summed E-state index contributed by atoms with van der Waals surface area (Å²) in [5.41, 5.74) is 2.41. The number of benzene rings is 1. The van der Waals surface area contributed by atoms with Crippen molar-refractivity contribution in [2.75, 3.05) is 28.6 Å². The summed E-state index contributed by atoms with van der Waals surface area (Å²) < 4.78 is 0. The van der Waals surface area contributed by atoms with Gasteiger partial charge >= 0.3 is 6.03 Å². The molecule has 0 aliphatic carbocycles. The number of carbonyl (C=O) groups is 2. The van der Waals surface area contributed by atoms with Gasteiger partial charge < -0.3 is 20.9 Å². The first-order valence-corrected chi connectivity index (χ1v) is 12.1. The molecule has 4 rings (SSSR count). The Bertz CT molecular complexity index is 1170. The molecule has 1 aliphatic rings. The molecule has 1 fully saturated rings. The molecule has 0 radical (unpaired) electrons. The highest BCUT2D eigenvalue weighted by Crippen LogP contribution is 2.35. The van der Waals surface area contributed by atoms with E-state index in [0.29, 0.717) is 11.4 Å². The lowest BCUT2D eigenvalue weighted by Gasteiger charge is -2.32. The quantitative estimate of drug-likeness (QED) is 0.506. The minimum atomic E-state index is -0.296. The van der Waals surface area contributed by atoms with Gasteiger partial charge in [0, 0.05) is 29.9 Å². The number of amides is 3. The van der Waals surface area contributed by atoms with Gasteiger partial charge in [0.05, 0.1) is 16.8 Å². The van der Waals surface area contributed by atoms with Crippen LogP contribution in [0.3, 0.4) is 0 Å². The van der Waals surface area contributed by atoms with Crippen LogP contribution in [-0.2, 0) is 4.79 Å². The topological polar surface area (TPSA) is 99.2 Å². The Morgan fingerprint density at radius 2 is 1.73 bits per heavy atom. The number of thiophene rings is 1. The number of piperidine rings is 1. The van der Waals surface area contributed by atoms with Crippen LogP contribution in [0.25, 0.3) is 10.2 Å². The number of aromatic nitrogens is 2. The van der Waals surface area contributed by atoms with Crippen molar-refractivity contribution < 1.29 is 9.59 Å². The van der Waals surface area contributed by atoms with E-state index in [0.717, 1.165) is 42.0 Å². The van der Waals surface area contributed by atoms with Gasteiger partial charge in [0.15, 0.2) is 0 Å². The predicted octanol–water partition coefficient (Wildman–Crippen LogP) is 4.69. The summed E-state index contributed by atoms with van der Waals surface area (Å²) >= 11 is 1.70. The van der Waals surface area contributed by atoms with Crippen molar-refractivity contribution >= 4 is 50.7 Å². The molecule has 3 heterocycles. The van der Waals surface area contributed by atoms with Crippen LogP contribution in [0.4, 0.5) is 22.0 Å². The number of fused-ring (bicyclic) bond motifs is 1. The summed E-state index contributed by atoms with van der Waals surface area (Å²) in [5.74, 6) is 0.844. The van der Waals surface area contributed by atoms with Crippen molar-refractivity contribution in [1.29, 1.82) is 0 Å². The highest BCUT2D eigenvalue weighted by Gasteiger charge is 2.28. The van der Waals surface area contributed by atoms with Crippen LogP contribution >= 0.6 is 11.3 Å². The zero-order chi connectivity index (χ0) is 23.5. The first kappa shape index (κ1) is 23.0. The van der Waals surface area contributed by atoms with E-state index in [4.69, 9.17) is 0 Å². The van der Waals surface area contributed by atoms with E-state index in [1.165, 1.54) is 10.4 Å². The van der Waals surface area contributed by atoms with Gasteiger partial charge in [0.1, 0.15) is 17.0 Å². The van der Waals surface area contributed by atoms with E-state index in [2.05, 4.69) is 44.7 Å². The molecule has 174 valence electrons. The first-order valence-electron chi connectivity index (χ1n) is 11.3. The second kappa shape index (κ2) is 9.74. The van der Waals surface area contributed by atoms with Crippen LogP contribution in [-0.4, -0.2) is 41.0 Å². The van der Waals surface area contributed by atoms with Gasteiger partial charge in [-0.05, 0) is 58.2 Å². The zero-order valence-corrected chi connectivity index (χ0v) is 20.3. The number of rotatable bonds is 5. The second-order valence-electron chi connectivity index (χ2n) is 8.71. The SMILES string of the molecule is Cc1sc2ncnc(N3CCC(C(=O)Nc4ccccc4NC(=O)NC(C)C)CC3)c2c1C. The summed E-state index contributed by atoms with van der Waals surface area (Å²) in [6.45, 7) is 9.54. The van der Waals surface area contributed by atoms with Crippen molar-refractivity contribution in [2.24, 2.45) is 5.92 Å². The van der Waals surface area contributed by atoms with Crippen molar-refractivity contribution in [3.05, 3.63) is 41.0 Å². The van der Waals surface area contributed by atoms with Crippen LogP contribution < -0.4 is 20.9 Å². The van der Waals surface area contributed by atoms with Gasteiger partial charge in [-0.15, -0.1) is 11.3 Å². The molecule has 33 heavy (non-hydrogen) atoms. The summed E-state index contributed by atoms with van der Waals surface area (Å²) in [5, 5.41) is 9.75. The predicted molar refractivity (Wildman–Crippen MR) is 134 cm³/mol. The molecule has 1 saturated heterocycles. The number of para-hydroxylation sites is 2. The molecular weight excluding hydrogens is 436 g/mol. The van der Waals surface area contributed by atoms with E-state index in [1.807, 2.05) is 26.0 Å². The van der Waals surface area contributed by atoms with Crippen molar-refractivity contribution in [3.8, 4) is 0 Å². The summed E-state index contributed by atoms with van der Waals surface area (Å²) in [4.78, 5) is 38.7. The Morgan fingerprint density at radius 1 is 1.06 bits per heavy atom. The Morgan fingerprint density at radius 3 is 2.39 bits per heavy atom. The molecule has 3 amide bonds. The van der Waals surface area contributed by atoms with Crippen LogP contribution in [0.5, 0.6) is 0 Å². The minimum absolute atomic E-state index is 0.0230. The molecule has 1 aromatic carbocycles. The van der Waals surface area contributed by atoms with E-state index < -0.39 is 0 Å². The lowest BCUT2D eigenvalue weighted by atomic mass is 9.95. The van der Waals surface area contributed by atoms with Crippen molar-refractivity contribution in [3.63, 3.8) is 0 Å². The van der Waals surface area contributed by atoms with Crippen LogP contribution in [0.1, 0.15) is 37.1 Å². The van der Waals surface area contributed by atoms with Gasteiger partial charge in [-0.3, -0.25) is 4.79 Å². The van der Waals surface area contributed by atoms with E-state index in [9.17, 15) is 9.59 Å². The van der Waals surface area contributed by atoms with Crippen LogP contribution in [0.15, 0.2) is 30.6 Å². The maximum Gasteiger partial charge on any atom is 0.319 e. The molecule has 0 unspecified atom stereocenters. The third kappa shape index (κ3) is 5.08. The molecule has 3 N–H and O–H groups in total. The third-order valence-corrected chi connectivity index (χ3v) is 7.08. The number of nitrogens with one attached hydrogen (secondary N) is 3. The maximum atomic E-state index is 13.0. The summed E-state index contributed by atoms with van der Waals surface area (Å²) in [6, 6.07) is 6.98. The Labute approximate surface area is 197 Å². The number of nitrogens with zero attached hydrogens (tertiary/aromatic N) is 3. The molecular formula is C24H30N6O2S. The Hall–Kier alpha value is -3.20. The van der Waals surface area contributed by atoms with Crippen LogP contribution in [0.2, 0.25) is 0 Å². The standard InChI is InChI=1S/C24H30N6O2S/c1-14(2)27-24(32)29-19-8-6-5-7-18(19)28-22(31)17-9-11-30(12-10-17)21-20-15(3)16(4)33-23(20)26-13-25-21/h5-8,13-14,17H,9-12H2,1-4H3,(H,28,31)(H2,27,29,32). The largest absolute Gasteiger partial charge is 0.356 e. The molecule has 2 aromatic heterocycles. The normalized spacial score (nSPS) is 14.5. The molecule has 8 nitrogen and oxygen atoms in total. The molecule has 3 aromatic rings. The van der Waals surface area contributed by atoms with E-state index in [-0.39, 0.29) is 23.9 Å². The molecule has 0 spiro atoms. The average Bonchev–Trinajstić information content (AvgIpc) is 3.08. The van der Waals surface area contributed by atoms with Gasteiger partial charge in [-0.1, -0.05) is 12.1 Å². The van der Waals surface area contributed by atoms with Crippen LogP contribution in [0, 0.1) is 19.8 Å². The smallest absolute Gasteiger partial charge is 0.319 e. The summed E-state index contributed by atoms with van der Waals surface area (Å²) in [7, 11) is 0. The third-order valence-electron chi connectivity index (χ3n) is 5.96. The van der Waals surface area contributed by atoms with Gasteiger partial charge in [-0.2, -0.15) is 0 Å². The highest BCUT2D eigenvalue weighted by atomic mass is 32.1. The van der Waals surface area contributed by atoms with Crippen molar-refractivity contribution in [2.45, 2.75) is 46.6 Å². The Balaban J connectivity index is 1.41. The zero-order valence-electron chi connectivity index (χ0n) is 19.4. The second-order valence-corrected chi connectivity index (χ2v) is 9.91. The molecule has 0 atom stereocenters. The minimum Gasteiger partial charge on any atom is -0.356 e. The monoisotopic (exact) mass is 466 g/mol. The lowest BCUT2D eigenvalue weighted by molar-refractivity contribution is -0.120. The highest BCUT2D eigenvalue weighted by molar-refractivity contribution is 7.18. The molecule has 9 heteroatoms. The fourth-order valence-corrected chi connectivity index (χ4v) is 5.11. The number of anilines is 3.